The number of likely N-dealkylation sites (N-methyl/N-ethyl adjacent to an activating group) is 1. The van der Waals surface area contributed by atoms with E-state index in [-0.39, 0.29) is 29.5 Å². The molecule has 0 aliphatic heterocycles. The van der Waals surface area contributed by atoms with Crippen molar-refractivity contribution in [2.75, 3.05) is 26.7 Å². The molecule has 23 heavy (non-hydrogen) atoms. The second-order valence-corrected chi connectivity index (χ2v) is 7.03. The Labute approximate surface area is 138 Å². The Balaban J connectivity index is 2.27. The lowest BCUT2D eigenvalue weighted by Crippen LogP contribution is -2.29. The van der Waals surface area contributed by atoms with Gasteiger partial charge >= 0.3 is 5.97 Å². The number of carboxylic acid groups (broad SMARTS) is 1. The van der Waals surface area contributed by atoms with Gasteiger partial charge in [0.25, 0.3) is 0 Å². The molecule has 1 aliphatic rings. The first-order chi connectivity index (χ1) is 10.8. The Morgan fingerprint density at radius 2 is 1.91 bits per heavy atom. The van der Waals surface area contributed by atoms with Crippen LogP contribution in [0.15, 0.2) is 11.8 Å². The van der Waals surface area contributed by atoms with E-state index in [4.69, 9.17) is 5.11 Å². The van der Waals surface area contributed by atoms with Gasteiger partial charge in [0.15, 0.2) is 0 Å². The molecule has 0 saturated heterocycles. The predicted octanol–water partition coefficient (Wildman–Crippen LogP) is 1.60. The Morgan fingerprint density at radius 3 is 2.43 bits per heavy atom. The van der Waals surface area contributed by atoms with Crippen LogP contribution in [0.3, 0.4) is 0 Å². The Bertz CT molecular complexity index is 446. The monoisotopic (exact) mass is 326 g/mol. The number of carbonyl (C=O) groups is 2. The maximum atomic E-state index is 12.0. The molecule has 132 valence electrons. The molecule has 1 fully saturated rings. The molecule has 1 saturated carbocycles. The minimum Gasteiger partial charge on any atom is -0.477 e. The summed E-state index contributed by atoms with van der Waals surface area (Å²) in [5.74, 6) is -1.35. The maximum absolute atomic E-state index is 12.0. The Morgan fingerprint density at radius 1 is 1.26 bits per heavy atom. The maximum Gasteiger partial charge on any atom is 0.352 e. The topological polar surface area (TPSA) is 89.9 Å². The SMILES string of the molecule is CN(CCO)CCCCC/C=C(/NC(=O)C1CC1(C)C)C(=O)O. The molecule has 1 amide bonds. The normalized spacial score (nSPS) is 19.7. The number of allylic oxidation sites excluding steroid dienone is 1. The molecule has 0 aromatic rings. The Hall–Kier alpha value is -1.40. The van der Waals surface area contributed by atoms with Crippen LogP contribution >= 0.6 is 0 Å². The lowest BCUT2D eigenvalue weighted by molar-refractivity contribution is -0.135. The van der Waals surface area contributed by atoms with E-state index in [1.807, 2.05) is 20.9 Å². The molecule has 0 aromatic heterocycles. The highest BCUT2D eigenvalue weighted by Gasteiger charge is 2.50. The third-order valence-electron chi connectivity index (χ3n) is 4.39. The fourth-order valence-electron chi connectivity index (χ4n) is 2.56. The fraction of sp³-hybridized carbons (Fsp3) is 0.765. The molecule has 3 N–H and O–H groups in total. The smallest absolute Gasteiger partial charge is 0.352 e. The highest BCUT2D eigenvalue weighted by atomic mass is 16.4. The van der Waals surface area contributed by atoms with Crippen LogP contribution in [-0.2, 0) is 9.59 Å². The van der Waals surface area contributed by atoms with E-state index in [0.29, 0.717) is 13.0 Å². The van der Waals surface area contributed by atoms with Crippen molar-refractivity contribution in [2.24, 2.45) is 11.3 Å². The minimum absolute atomic E-state index is 0.00454. The second kappa shape index (κ2) is 9.03. The van der Waals surface area contributed by atoms with E-state index >= 15 is 0 Å². The number of hydrogen-bond acceptors (Lipinski definition) is 4. The molecule has 0 radical (unpaired) electrons. The average Bonchev–Trinajstić information content (AvgIpc) is 3.10. The van der Waals surface area contributed by atoms with Crippen LogP contribution in [0.25, 0.3) is 0 Å². The number of aliphatic hydroxyl groups is 1. The number of amides is 1. The van der Waals surface area contributed by atoms with Crippen LogP contribution in [-0.4, -0.2) is 53.7 Å². The largest absolute Gasteiger partial charge is 0.477 e. The molecule has 0 bridgehead atoms. The van der Waals surface area contributed by atoms with E-state index in [1.54, 1.807) is 6.08 Å². The zero-order valence-electron chi connectivity index (χ0n) is 14.5. The molecule has 0 heterocycles. The van der Waals surface area contributed by atoms with Crippen LogP contribution in [0.1, 0.15) is 46.0 Å². The molecule has 1 rings (SSSR count). The van der Waals surface area contributed by atoms with E-state index in [2.05, 4.69) is 10.2 Å². The van der Waals surface area contributed by atoms with Gasteiger partial charge in [0.2, 0.25) is 5.91 Å². The highest BCUT2D eigenvalue weighted by molar-refractivity contribution is 5.94. The van der Waals surface area contributed by atoms with Gasteiger partial charge in [-0.15, -0.1) is 0 Å². The fourth-order valence-corrected chi connectivity index (χ4v) is 2.56. The lowest BCUT2D eigenvalue weighted by atomic mass is 10.1. The number of nitrogens with one attached hydrogen (secondary N) is 1. The van der Waals surface area contributed by atoms with Gasteiger partial charge in [0.1, 0.15) is 5.70 Å². The van der Waals surface area contributed by atoms with E-state index < -0.39 is 5.97 Å². The standard InChI is InChI=1S/C17H30N2O4/c1-17(2)12-13(17)15(21)18-14(16(22)23)8-6-4-5-7-9-19(3)10-11-20/h8,13,20H,4-7,9-12H2,1-3H3,(H,18,21)(H,22,23)/b14-8+. The molecular weight excluding hydrogens is 296 g/mol. The Kier molecular flexibility index (Phi) is 7.72. The van der Waals surface area contributed by atoms with Crippen LogP contribution in [0.2, 0.25) is 0 Å². The van der Waals surface area contributed by atoms with Gasteiger partial charge in [-0.1, -0.05) is 26.3 Å². The summed E-state index contributed by atoms with van der Waals surface area (Å²) in [4.78, 5) is 25.2. The number of aliphatic carboxylic acids is 1. The number of rotatable bonds is 11. The van der Waals surface area contributed by atoms with Gasteiger partial charge < -0.3 is 20.4 Å². The first kappa shape index (κ1) is 19.6. The number of carboxylic acids is 1. The number of nitrogens with zero attached hydrogens (tertiary/aromatic N) is 1. The van der Waals surface area contributed by atoms with Crippen LogP contribution in [0.4, 0.5) is 0 Å². The van der Waals surface area contributed by atoms with Crippen molar-refractivity contribution in [3.05, 3.63) is 11.8 Å². The van der Waals surface area contributed by atoms with Gasteiger partial charge in [0, 0.05) is 12.5 Å². The zero-order valence-corrected chi connectivity index (χ0v) is 14.5. The molecule has 1 aliphatic carbocycles. The summed E-state index contributed by atoms with van der Waals surface area (Å²) in [7, 11) is 1.97. The molecule has 0 spiro atoms. The van der Waals surface area contributed by atoms with E-state index in [0.717, 1.165) is 32.2 Å². The number of carbonyl (C=O) groups excluding carboxylic acids is 1. The summed E-state index contributed by atoms with van der Waals surface area (Å²) >= 11 is 0. The van der Waals surface area contributed by atoms with Crippen molar-refractivity contribution >= 4 is 11.9 Å². The highest BCUT2D eigenvalue weighted by Crippen LogP contribution is 2.51. The van der Waals surface area contributed by atoms with Gasteiger partial charge in [0.05, 0.1) is 6.61 Å². The summed E-state index contributed by atoms with van der Waals surface area (Å²) < 4.78 is 0. The summed E-state index contributed by atoms with van der Waals surface area (Å²) in [5.41, 5.74) is -0.0102. The minimum atomic E-state index is -1.08. The third-order valence-corrected chi connectivity index (χ3v) is 4.39. The quantitative estimate of drug-likeness (QED) is 0.396. The molecule has 0 aromatic carbocycles. The van der Waals surface area contributed by atoms with Gasteiger partial charge in [-0.3, -0.25) is 4.79 Å². The van der Waals surface area contributed by atoms with Gasteiger partial charge in [-0.25, -0.2) is 4.79 Å². The summed E-state index contributed by atoms with van der Waals surface area (Å²) in [6.07, 6.45) is 5.94. The first-order valence-corrected chi connectivity index (χ1v) is 8.31. The predicted molar refractivity (Wildman–Crippen MR) is 88.8 cm³/mol. The number of unbranched alkanes of at least 4 members (excludes halogenated alkanes) is 3. The third kappa shape index (κ3) is 7.14. The molecular formula is C17H30N2O4. The van der Waals surface area contributed by atoms with Crippen molar-refractivity contribution < 1.29 is 19.8 Å². The van der Waals surface area contributed by atoms with Crippen molar-refractivity contribution in [3.8, 4) is 0 Å². The zero-order chi connectivity index (χ0) is 17.5. The number of aliphatic hydroxyl groups excluding tert-OH is 1. The van der Waals surface area contributed by atoms with Gasteiger partial charge in [-0.05, 0) is 44.7 Å². The van der Waals surface area contributed by atoms with Crippen molar-refractivity contribution in [1.82, 2.24) is 10.2 Å². The van der Waals surface area contributed by atoms with Crippen molar-refractivity contribution in [2.45, 2.75) is 46.0 Å². The second-order valence-electron chi connectivity index (χ2n) is 7.03. The first-order valence-electron chi connectivity index (χ1n) is 8.31. The van der Waals surface area contributed by atoms with E-state index in [9.17, 15) is 14.7 Å². The molecule has 1 atom stereocenters. The molecule has 6 nitrogen and oxygen atoms in total. The average molecular weight is 326 g/mol. The van der Waals surface area contributed by atoms with Crippen molar-refractivity contribution in [3.63, 3.8) is 0 Å². The lowest BCUT2D eigenvalue weighted by Gasteiger charge is -2.14. The summed E-state index contributed by atoms with van der Waals surface area (Å²) in [6, 6.07) is 0. The molecule has 6 heteroatoms. The number of hydrogen-bond donors (Lipinski definition) is 3. The summed E-state index contributed by atoms with van der Waals surface area (Å²) in [5, 5.41) is 20.5. The summed E-state index contributed by atoms with van der Waals surface area (Å²) in [6.45, 7) is 5.78. The van der Waals surface area contributed by atoms with Crippen LogP contribution < -0.4 is 5.32 Å². The van der Waals surface area contributed by atoms with Crippen LogP contribution in [0, 0.1) is 11.3 Å². The van der Waals surface area contributed by atoms with Crippen LogP contribution in [0.5, 0.6) is 0 Å². The van der Waals surface area contributed by atoms with Crippen molar-refractivity contribution in [1.29, 1.82) is 0 Å². The molecule has 1 unspecified atom stereocenters. The van der Waals surface area contributed by atoms with E-state index in [1.165, 1.54) is 0 Å². The van der Waals surface area contributed by atoms with Gasteiger partial charge in [-0.2, -0.15) is 0 Å².